The predicted molar refractivity (Wildman–Crippen MR) is 45.4 cm³/mol. The van der Waals surface area contributed by atoms with Crippen molar-refractivity contribution in [3.63, 3.8) is 0 Å². The van der Waals surface area contributed by atoms with Gasteiger partial charge in [0.2, 0.25) is 0 Å². The number of rotatable bonds is 2. The van der Waals surface area contributed by atoms with Crippen LogP contribution in [0.2, 0.25) is 0 Å². The summed E-state index contributed by atoms with van der Waals surface area (Å²) in [6, 6.07) is 0. The van der Waals surface area contributed by atoms with Gasteiger partial charge in [0, 0.05) is 18.4 Å². The highest BCUT2D eigenvalue weighted by Gasteiger charge is 2.50. The molecule has 1 rings (SSSR count). The Morgan fingerprint density at radius 3 is 2.33 bits per heavy atom. The molecular formula is C9H17F2N. The molecule has 0 aromatic rings. The molecule has 1 atom stereocenters. The lowest BCUT2D eigenvalue weighted by Crippen LogP contribution is -2.47. The maximum absolute atomic E-state index is 13.4. The summed E-state index contributed by atoms with van der Waals surface area (Å²) in [7, 11) is 1.73. The van der Waals surface area contributed by atoms with E-state index in [2.05, 4.69) is 5.32 Å². The molecular weight excluding hydrogens is 160 g/mol. The van der Waals surface area contributed by atoms with E-state index in [0.29, 0.717) is 19.4 Å². The third-order valence-corrected chi connectivity index (χ3v) is 2.92. The van der Waals surface area contributed by atoms with E-state index in [4.69, 9.17) is 0 Å². The van der Waals surface area contributed by atoms with Gasteiger partial charge < -0.3 is 5.32 Å². The van der Waals surface area contributed by atoms with Crippen molar-refractivity contribution in [2.24, 2.45) is 5.41 Å². The van der Waals surface area contributed by atoms with E-state index in [0.717, 1.165) is 6.42 Å². The first-order valence-corrected chi connectivity index (χ1v) is 4.54. The summed E-state index contributed by atoms with van der Waals surface area (Å²) in [5.41, 5.74) is -0.819. The van der Waals surface area contributed by atoms with Gasteiger partial charge in [0.05, 0.1) is 0 Å². The third kappa shape index (κ3) is 1.60. The van der Waals surface area contributed by atoms with Crippen LogP contribution in [-0.2, 0) is 0 Å². The average molecular weight is 177 g/mol. The standard InChI is InChI=1S/C9H17F2N/c1-8(7-12-2)5-3-4-6-9(8,10)11/h12H,3-7H2,1-2H3/t8-/m1/s1. The third-order valence-electron chi connectivity index (χ3n) is 2.92. The highest BCUT2D eigenvalue weighted by Crippen LogP contribution is 2.47. The minimum atomic E-state index is -2.48. The van der Waals surface area contributed by atoms with Gasteiger partial charge in [0.25, 0.3) is 5.92 Å². The molecule has 1 N–H and O–H groups in total. The Hall–Kier alpha value is -0.180. The fourth-order valence-electron chi connectivity index (χ4n) is 1.95. The topological polar surface area (TPSA) is 12.0 Å². The van der Waals surface area contributed by atoms with E-state index in [1.54, 1.807) is 14.0 Å². The molecule has 0 aliphatic heterocycles. The first kappa shape index (κ1) is 9.90. The molecule has 3 heteroatoms. The van der Waals surface area contributed by atoms with Crippen LogP contribution < -0.4 is 5.32 Å². The first-order valence-electron chi connectivity index (χ1n) is 4.54. The summed E-state index contributed by atoms with van der Waals surface area (Å²) in [5, 5.41) is 2.85. The maximum atomic E-state index is 13.4. The first-order chi connectivity index (χ1) is 5.52. The maximum Gasteiger partial charge on any atom is 0.254 e. The van der Waals surface area contributed by atoms with Crippen LogP contribution in [0.5, 0.6) is 0 Å². The number of hydrogen-bond acceptors (Lipinski definition) is 1. The van der Waals surface area contributed by atoms with Crippen LogP contribution in [0.3, 0.4) is 0 Å². The Bertz CT molecular complexity index is 155. The van der Waals surface area contributed by atoms with Crippen molar-refractivity contribution in [3.05, 3.63) is 0 Å². The summed E-state index contributed by atoms with van der Waals surface area (Å²) in [4.78, 5) is 0. The lowest BCUT2D eigenvalue weighted by molar-refractivity contribution is -0.139. The van der Waals surface area contributed by atoms with E-state index in [-0.39, 0.29) is 6.42 Å². The average Bonchev–Trinajstić information content (AvgIpc) is 1.96. The minimum Gasteiger partial charge on any atom is -0.319 e. The molecule has 12 heavy (non-hydrogen) atoms. The summed E-state index contributed by atoms with van der Waals surface area (Å²) in [6.45, 7) is 2.10. The van der Waals surface area contributed by atoms with Gasteiger partial charge in [-0.3, -0.25) is 0 Å². The van der Waals surface area contributed by atoms with Crippen molar-refractivity contribution in [3.8, 4) is 0 Å². The lowest BCUT2D eigenvalue weighted by atomic mass is 9.72. The lowest BCUT2D eigenvalue weighted by Gasteiger charge is -2.41. The van der Waals surface area contributed by atoms with Crippen molar-refractivity contribution in [1.82, 2.24) is 5.32 Å². The molecule has 1 nitrogen and oxygen atoms in total. The van der Waals surface area contributed by atoms with Gasteiger partial charge in [-0.1, -0.05) is 13.3 Å². The molecule has 0 aromatic heterocycles. The summed E-state index contributed by atoms with van der Waals surface area (Å²) in [6.07, 6.45) is 2.31. The van der Waals surface area contributed by atoms with Crippen LogP contribution in [0.4, 0.5) is 8.78 Å². The second-order valence-electron chi connectivity index (χ2n) is 4.00. The Balaban J connectivity index is 2.69. The zero-order valence-electron chi connectivity index (χ0n) is 7.79. The van der Waals surface area contributed by atoms with E-state index in [9.17, 15) is 8.78 Å². The molecule has 0 aromatic carbocycles. The molecule has 0 spiro atoms. The number of hydrogen-bond donors (Lipinski definition) is 1. The van der Waals surface area contributed by atoms with Crippen LogP contribution in [0.25, 0.3) is 0 Å². The fourth-order valence-corrected chi connectivity index (χ4v) is 1.95. The molecule has 1 aliphatic carbocycles. The largest absolute Gasteiger partial charge is 0.319 e. The molecule has 0 saturated heterocycles. The Kier molecular flexibility index (Phi) is 2.71. The van der Waals surface area contributed by atoms with Gasteiger partial charge in [0.15, 0.2) is 0 Å². The molecule has 0 radical (unpaired) electrons. The second kappa shape index (κ2) is 3.29. The molecule has 1 aliphatic rings. The quantitative estimate of drug-likeness (QED) is 0.683. The van der Waals surface area contributed by atoms with Gasteiger partial charge >= 0.3 is 0 Å². The van der Waals surface area contributed by atoms with E-state index in [1.165, 1.54) is 0 Å². The van der Waals surface area contributed by atoms with Crippen molar-refractivity contribution in [2.45, 2.75) is 38.5 Å². The van der Waals surface area contributed by atoms with Gasteiger partial charge in [0.1, 0.15) is 0 Å². The summed E-state index contributed by atoms with van der Waals surface area (Å²) < 4.78 is 26.8. The summed E-state index contributed by atoms with van der Waals surface area (Å²) in [5.74, 6) is -2.48. The van der Waals surface area contributed by atoms with Crippen LogP contribution in [0, 0.1) is 5.41 Å². The zero-order valence-corrected chi connectivity index (χ0v) is 7.79. The second-order valence-corrected chi connectivity index (χ2v) is 4.00. The predicted octanol–water partition coefficient (Wildman–Crippen LogP) is 2.42. The SMILES string of the molecule is CNC[C@@]1(C)CCCCC1(F)F. The smallest absolute Gasteiger partial charge is 0.254 e. The van der Waals surface area contributed by atoms with Crippen LogP contribution in [-0.4, -0.2) is 19.5 Å². The van der Waals surface area contributed by atoms with E-state index in [1.807, 2.05) is 0 Å². The van der Waals surface area contributed by atoms with Crippen LogP contribution in [0.1, 0.15) is 32.6 Å². The number of alkyl halides is 2. The van der Waals surface area contributed by atoms with Gasteiger partial charge in [-0.2, -0.15) is 0 Å². The van der Waals surface area contributed by atoms with E-state index >= 15 is 0 Å². The molecule has 0 unspecified atom stereocenters. The van der Waals surface area contributed by atoms with Crippen molar-refractivity contribution >= 4 is 0 Å². The van der Waals surface area contributed by atoms with Gasteiger partial charge in [-0.05, 0) is 19.9 Å². The van der Waals surface area contributed by atoms with Crippen LogP contribution in [0.15, 0.2) is 0 Å². The molecule has 0 amide bonds. The molecule has 0 bridgehead atoms. The van der Waals surface area contributed by atoms with Crippen molar-refractivity contribution in [2.75, 3.05) is 13.6 Å². The Labute approximate surface area is 72.5 Å². The molecule has 0 heterocycles. The highest BCUT2D eigenvalue weighted by atomic mass is 19.3. The highest BCUT2D eigenvalue weighted by molar-refractivity contribution is 4.93. The van der Waals surface area contributed by atoms with Crippen molar-refractivity contribution < 1.29 is 8.78 Å². The zero-order chi connectivity index (χ0) is 9.24. The monoisotopic (exact) mass is 177 g/mol. The minimum absolute atomic E-state index is 0.0607. The van der Waals surface area contributed by atoms with E-state index < -0.39 is 11.3 Å². The Morgan fingerprint density at radius 2 is 1.83 bits per heavy atom. The number of halogens is 2. The Morgan fingerprint density at radius 1 is 1.25 bits per heavy atom. The van der Waals surface area contributed by atoms with Crippen molar-refractivity contribution in [1.29, 1.82) is 0 Å². The van der Waals surface area contributed by atoms with Gasteiger partial charge in [-0.15, -0.1) is 0 Å². The van der Waals surface area contributed by atoms with Gasteiger partial charge in [-0.25, -0.2) is 8.78 Å². The van der Waals surface area contributed by atoms with Crippen LogP contribution >= 0.6 is 0 Å². The fraction of sp³-hybridized carbons (Fsp3) is 1.00. The molecule has 1 saturated carbocycles. The summed E-state index contributed by atoms with van der Waals surface area (Å²) >= 11 is 0. The molecule has 72 valence electrons. The molecule has 1 fully saturated rings. The normalized spacial score (nSPS) is 35.0. The number of nitrogens with one attached hydrogen (secondary N) is 1.